The van der Waals surface area contributed by atoms with Crippen molar-refractivity contribution in [3.8, 4) is 6.07 Å². The van der Waals surface area contributed by atoms with E-state index in [1.165, 1.54) is 11.0 Å². The second kappa shape index (κ2) is 11.4. The summed E-state index contributed by atoms with van der Waals surface area (Å²) in [6.07, 6.45) is 1.55. The monoisotopic (exact) mass is 503 g/mol. The highest BCUT2D eigenvalue weighted by Gasteiger charge is 2.43. The lowest BCUT2D eigenvalue weighted by Crippen LogP contribution is -2.46. The van der Waals surface area contributed by atoms with Gasteiger partial charge in [0.1, 0.15) is 11.6 Å². The fraction of sp³-hybridized carbons (Fsp3) is 0.542. The fourth-order valence-corrected chi connectivity index (χ4v) is 4.61. The smallest absolute Gasteiger partial charge is 0.427 e. The molecule has 0 spiro atoms. The topological polar surface area (TPSA) is 129 Å². The van der Waals surface area contributed by atoms with Gasteiger partial charge in [0.05, 0.1) is 12.6 Å². The van der Waals surface area contributed by atoms with Gasteiger partial charge in [-0.1, -0.05) is 30.3 Å². The maximum atomic E-state index is 13.7. The highest BCUT2D eigenvalue weighted by atomic mass is 19.3. The summed E-state index contributed by atoms with van der Waals surface area (Å²) < 4.78 is 27.3. The first-order chi connectivity index (χ1) is 16.9. The van der Waals surface area contributed by atoms with Crippen LogP contribution in [0.4, 0.5) is 13.6 Å². The number of nitrogens with zero attached hydrogens (tertiary/aromatic N) is 3. The first-order valence-electron chi connectivity index (χ1n) is 11.9. The predicted octanol–water partition coefficient (Wildman–Crippen LogP) is 1.67. The van der Waals surface area contributed by atoms with Crippen molar-refractivity contribution in [1.29, 1.82) is 5.26 Å². The summed E-state index contributed by atoms with van der Waals surface area (Å²) >= 11 is 0. The van der Waals surface area contributed by atoms with Crippen molar-refractivity contribution in [1.82, 2.24) is 20.4 Å². The largest absolute Gasteiger partial charge is 0.453 e. The van der Waals surface area contributed by atoms with Crippen LogP contribution < -0.4 is 10.6 Å². The van der Waals surface area contributed by atoms with Gasteiger partial charge >= 0.3 is 13.1 Å². The fourth-order valence-electron chi connectivity index (χ4n) is 4.61. The van der Waals surface area contributed by atoms with Crippen LogP contribution >= 0.6 is 0 Å². The number of halogens is 2. The SMILES string of the molecule is CC(C)(C=C(C#N)C(=O)N1CC[C@H](NC(=O)N[C@H](CB(O)O)c2ccccc2)C1)N1CCC(F)(F)C1. The highest BCUT2D eigenvalue weighted by molar-refractivity contribution is 6.41. The second-order valence-electron chi connectivity index (χ2n) is 9.89. The molecule has 1 aromatic carbocycles. The molecule has 0 bridgehead atoms. The third-order valence-electron chi connectivity index (χ3n) is 6.60. The Bertz CT molecular complexity index is 1020. The average Bonchev–Trinajstić information content (AvgIpc) is 3.43. The molecular formula is C24H32BF2N5O4. The molecule has 2 aliphatic heterocycles. The molecule has 3 amide bonds. The first kappa shape index (κ1) is 27.6. The molecule has 0 aromatic heterocycles. The van der Waals surface area contributed by atoms with Crippen molar-refractivity contribution in [3.05, 3.63) is 47.5 Å². The molecule has 12 heteroatoms. The number of carbonyl (C=O) groups excluding carboxylic acids is 2. The molecule has 36 heavy (non-hydrogen) atoms. The van der Waals surface area contributed by atoms with Crippen molar-refractivity contribution in [3.63, 3.8) is 0 Å². The standard InChI is InChI=1S/C24H32BF2N5O4/c1-23(2,32-11-9-24(26,27)16-32)12-18(14-28)21(33)31-10-8-19(15-31)29-22(34)30-20(13-25(35)36)17-6-4-3-5-7-17/h3-7,12,19-20,35-36H,8-11,13,15-16H2,1-2H3,(H2,29,30,34)/t19-,20+/m0/s1. The van der Waals surface area contributed by atoms with Crippen LogP contribution in [0.3, 0.4) is 0 Å². The number of nitriles is 1. The van der Waals surface area contributed by atoms with E-state index in [1.54, 1.807) is 43.0 Å². The number of benzene rings is 1. The molecule has 194 valence electrons. The number of urea groups is 1. The van der Waals surface area contributed by atoms with Crippen LogP contribution in [0.1, 0.15) is 38.3 Å². The molecule has 0 unspecified atom stereocenters. The quantitative estimate of drug-likeness (QED) is 0.243. The molecule has 3 rings (SSSR count). The van der Waals surface area contributed by atoms with E-state index in [0.717, 1.165) is 0 Å². The van der Waals surface area contributed by atoms with Gasteiger partial charge in [-0.05, 0) is 31.9 Å². The van der Waals surface area contributed by atoms with Crippen LogP contribution in [-0.4, -0.2) is 82.6 Å². The Hall–Kier alpha value is -3.01. The molecule has 2 saturated heterocycles. The van der Waals surface area contributed by atoms with Gasteiger partial charge in [-0.3, -0.25) is 9.69 Å². The van der Waals surface area contributed by atoms with Gasteiger partial charge in [-0.25, -0.2) is 13.6 Å². The van der Waals surface area contributed by atoms with Crippen LogP contribution in [0.5, 0.6) is 0 Å². The highest BCUT2D eigenvalue weighted by Crippen LogP contribution is 2.33. The third kappa shape index (κ3) is 7.26. The molecule has 9 nitrogen and oxygen atoms in total. The Morgan fingerprint density at radius 2 is 2.00 bits per heavy atom. The summed E-state index contributed by atoms with van der Waals surface area (Å²) in [6.45, 7) is 3.65. The second-order valence-corrected chi connectivity index (χ2v) is 9.89. The van der Waals surface area contributed by atoms with Crippen molar-refractivity contribution in [2.24, 2.45) is 0 Å². The van der Waals surface area contributed by atoms with E-state index in [0.29, 0.717) is 18.5 Å². The number of rotatable bonds is 8. The van der Waals surface area contributed by atoms with Gasteiger partial charge in [-0.15, -0.1) is 0 Å². The van der Waals surface area contributed by atoms with E-state index in [9.17, 15) is 33.7 Å². The number of carbonyl (C=O) groups is 2. The minimum absolute atomic E-state index is 0.0955. The number of alkyl halides is 2. The van der Waals surface area contributed by atoms with Crippen molar-refractivity contribution >= 4 is 19.1 Å². The third-order valence-corrected chi connectivity index (χ3v) is 6.60. The zero-order valence-corrected chi connectivity index (χ0v) is 20.5. The minimum Gasteiger partial charge on any atom is -0.427 e. The summed E-state index contributed by atoms with van der Waals surface area (Å²) in [4.78, 5) is 28.6. The van der Waals surface area contributed by atoms with Crippen LogP contribution in [0.2, 0.25) is 6.32 Å². The normalized spacial score (nSPS) is 21.1. The van der Waals surface area contributed by atoms with E-state index in [4.69, 9.17) is 0 Å². The molecular weight excluding hydrogens is 471 g/mol. The van der Waals surface area contributed by atoms with Crippen molar-refractivity contribution in [2.45, 2.75) is 56.6 Å². The van der Waals surface area contributed by atoms with E-state index in [2.05, 4.69) is 10.6 Å². The Labute approximate surface area is 209 Å². The van der Waals surface area contributed by atoms with Gasteiger partial charge < -0.3 is 25.6 Å². The van der Waals surface area contributed by atoms with E-state index in [1.807, 2.05) is 12.1 Å². The Kier molecular flexibility index (Phi) is 8.71. The maximum absolute atomic E-state index is 13.7. The first-order valence-corrected chi connectivity index (χ1v) is 11.9. The van der Waals surface area contributed by atoms with Gasteiger partial charge in [-0.2, -0.15) is 5.26 Å². The number of hydrogen-bond acceptors (Lipinski definition) is 6. The molecule has 1 aromatic rings. The van der Waals surface area contributed by atoms with Crippen LogP contribution in [-0.2, 0) is 4.79 Å². The van der Waals surface area contributed by atoms with Gasteiger partial charge in [0.2, 0.25) is 0 Å². The Morgan fingerprint density at radius 1 is 1.31 bits per heavy atom. The van der Waals surface area contributed by atoms with Gasteiger partial charge in [0.25, 0.3) is 11.8 Å². The number of likely N-dealkylation sites (tertiary alicyclic amines) is 2. The van der Waals surface area contributed by atoms with Crippen LogP contribution in [0.15, 0.2) is 42.0 Å². The molecule has 2 aliphatic rings. The predicted molar refractivity (Wildman–Crippen MR) is 130 cm³/mol. The lowest BCUT2D eigenvalue weighted by Gasteiger charge is -2.33. The van der Waals surface area contributed by atoms with Crippen molar-refractivity contribution in [2.75, 3.05) is 26.2 Å². The molecule has 2 heterocycles. The van der Waals surface area contributed by atoms with Gasteiger partial charge in [0.15, 0.2) is 0 Å². The van der Waals surface area contributed by atoms with Crippen LogP contribution in [0.25, 0.3) is 0 Å². The molecule has 2 fully saturated rings. The number of nitrogens with one attached hydrogen (secondary N) is 2. The van der Waals surface area contributed by atoms with Gasteiger partial charge in [0, 0.05) is 44.0 Å². The minimum atomic E-state index is -2.79. The maximum Gasteiger partial charge on any atom is 0.453 e. The Morgan fingerprint density at radius 3 is 2.58 bits per heavy atom. The zero-order chi connectivity index (χ0) is 26.5. The molecule has 0 saturated carbocycles. The molecule has 4 N–H and O–H groups in total. The van der Waals surface area contributed by atoms with Crippen molar-refractivity contribution < 1.29 is 28.4 Å². The van der Waals surface area contributed by atoms with Crippen LogP contribution in [0, 0.1) is 11.3 Å². The summed E-state index contributed by atoms with van der Waals surface area (Å²) in [6, 6.07) is 9.30. The summed E-state index contributed by atoms with van der Waals surface area (Å²) in [5, 5.41) is 33.9. The summed E-state index contributed by atoms with van der Waals surface area (Å²) in [5.41, 5.74) is -0.311. The molecule has 0 radical (unpaired) electrons. The number of amides is 3. The lowest BCUT2D eigenvalue weighted by atomic mass is 9.79. The van der Waals surface area contributed by atoms with E-state index < -0.39 is 43.1 Å². The molecule has 2 atom stereocenters. The zero-order valence-electron chi connectivity index (χ0n) is 20.5. The molecule has 0 aliphatic carbocycles. The summed E-state index contributed by atoms with van der Waals surface area (Å²) in [5.74, 6) is -3.29. The Balaban J connectivity index is 1.59. The average molecular weight is 503 g/mol. The number of hydrogen-bond donors (Lipinski definition) is 4. The lowest BCUT2D eigenvalue weighted by molar-refractivity contribution is -0.125. The van der Waals surface area contributed by atoms with E-state index >= 15 is 0 Å². The summed E-state index contributed by atoms with van der Waals surface area (Å²) in [7, 11) is -1.61. The van der Waals surface area contributed by atoms with E-state index in [-0.39, 0.29) is 37.4 Å².